The fraction of sp³-hybridized carbons (Fsp3) is 0.304. The number of benzene rings is 2. The lowest BCUT2D eigenvalue weighted by Gasteiger charge is -2.31. The molecule has 0 saturated carbocycles. The Bertz CT molecular complexity index is 1110. The minimum absolute atomic E-state index is 0.0902. The Morgan fingerprint density at radius 1 is 1.16 bits per heavy atom. The first-order valence-corrected chi connectivity index (χ1v) is 11.6. The van der Waals surface area contributed by atoms with Crippen molar-refractivity contribution in [2.45, 2.75) is 38.6 Å². The zero-order chi connectivity index (χ0) is 22.0. The largest absolute Gasteiger partial charge is 0.447 e. The summed E-state index contributed by atoms with van der Waals surface area (Å²) in [4.78, 5) is 19.4. The van der Waals surface area contributed by atoms with Crippen LogP contribution in [0.1, 0.15) is 39.0 Å². The number of rotatable bonds is 5. The average molecular weight is 455 g/mol. The Hall–Kier alpha value is -2.64. The smallest absolute Gasteiger partial charge is 0.247 e. The maximum atomic E-state index is 13.1. The van der Waals surface area contributed by atoms with Crippen LogP contribution in [0.25, 0.3) is 11.3 Å². The van der Waals surface area contributed by atoms with Crippen molar-refractivity contribution in [2.24, 2.45) is 5.92 Å². The van der Waals surface area contributed by atoms with Gasteiger partial charge in [0.25, 0.3) is 0 Å². The van der Waals surface area contributed by atoms with Crippen LogP contribution in [0.3, 0.4) is 0 Å². The third-order valence-electron chi connectivity index (χ3n) is 4.80. The number of nitrogens with zero attached hydrogens (tertiary/aromatic N) is 4. The number of hydrogen-bond acceptors (Lipinski definition) is 6. The molecule has 0 fully saturated rings. The Morgan fingerprint density at radius 2 is 1.90 bits per heavy atom. The highest BCUT2D eigenvalue weighted by Crippen LogP contribution is 2.44. The van der Waals surface area contributed by atoms with Gasteiger partial charge >= 0.3 is 0 Å². The highest BCUT2D eigenvalue weighted by atomic mass is 35.5. The molecule has 160 valence electrons. The quantitative estimate of drug-likeness (QED) is 0.455. The van der Waals surface area contributed by atoms with Crippen molar-refractivity contribution < 1.29 is 9.53 Å². The van der Waals surface area contributed by atoms with Gasteiger partial charge in [-0.15, -0.1) is 10.2 Å². The molecule has 0 radical (unpaired) electrons. The van der Waals surface area contributed by atoms with Crippen molar-refractivity contribution in [3.8, 4) is 17.1 Å². The Morgan fingerprint density at radius 3 is 2.65 bits per heavy atom. The van der Waals surface area contributed by atoms with Crippen LogP contribution in [-0.2, 0) is 4.79 Å². The SMILES string of the molecule is CCC(=O)N1c2ccccc2-c2nnc(SCC(C)C)nc2O[C@H]1c1ccccc1Cl. The van der Waals surface area contributed by atoms with Gasteiger partial charge in [-0.3, -0.25) is 9.69 Å². The molecule has 0 aliphatic carbocycles. The molecule has 2 heterocycles. The molecule has 1 amide bonds. The second kappa shape index (κ2) is 9.24. The normalized spacial score (nSPS) is 15.1. The number of carbonyl (C=O) groups excluding carboxylic acids is 1. The standard InChI is InChI=1S/C23H23ClN4O2S/c1-4-19(29)28-18-12-8-6-10-16(18)20-21(25-23(27-26-20)31-13-14(2)3)30-22(28)15-9-5-7-11-17(15)24/h5-12,14,22H,4,13H2,1-3H3/t22-/m0/s1. The van der Waals surface area contributed by atoms with E-state index in [2.05, 4.69) is 29.0 Å². The first-order valence-electron chi connectivity index (χ1n) is 10.2. The number of anilines is 1. The zero-order valence-corrected chi connectivity index (χ0v) is 19.2. The van der Waals surface area contributed by atoms with Gasteiger partial charge in [0.2, 0.25) is 23.2 Å². The van der Waals surface area contributed by atoms with Gasteiger partial charge in [0.1, 0.15) is 0 Å². The molecule has 1 aliphatic rings. The summed E-state index contributed by atoms with van der Waals surface area (Å²) in [5, 5.41) is 9.79. The molecule has 0 N–H and O–H groups in total. The molecule has 2 aromatic carbocycles. The third kappa shape index (κ3) is 4.38. The molecule has 1 aliphatic heterocycles. The summed E-state index contributed by atoms with van der Waals surface area (Å²) < 4.78 is 6.38. The summed E-state index contributed by atoms with van der Waals surface area (Å²) in [6, 6.07) is 14.9. The number of aromatic nitrogens is 3. The molecule has 0 spiro atoms. The minimum atomic E-state index is -0.775. The van der Waals surface area contributed by atoms with Crippen molar-refractivity contribution in [1.82, 2.24) is 15.2 Å². The minimum Gasteiger partial charge on any atom is -0.447 e. The number of thioether (sulfide) groups is 1. The predicted octanol–water partition coefficient (Wildman–Crippen LogP) is 5.77. The number of halogens is 1. The van der Waals surface area contributed by atoms with Crippen molar-refractivity contribution in [1.29, 1.82) is 0 Å². The summed E-state index contributed by atoms with van der Waals surface area (Å²) in [5.41, 5.74) is 2.63. The van der Waals surface area contributed by atoms with Crippen LogP contribution in [0.4, 0.5) is 5.69 Å². The average Bonchev–Trinajstić information content (AvgIpc) is 2.91. The Balaban J connectivity index is 1.90. The van der Waals surface area contributed by atoms with Gasteiger partial charge < -0.3 is 4.74 Å². The fourth-order valence-corrected chi connectivity index (χ4v) is 4.29. The number of amides is 1. The number of carbonyl (C=O) groups is 1. The van der Waals surface area contributed by atoms with E-state index in [9.17, 15) is 4.79 Å². The van der Waals surface area contributed by atoms with Crippen LogP contribution in [0.15, 0.2) is 53.7 Å². The summed E-state index contributed by atoms with van der Waals surface area (Å²) >= 11 is 8.05. The van der Waals surface area contributed by atoms with Crippen molar-refractivity contribution in [3.63, 3.8) is 0 Å². The maximum absolute atomic E-state index is 13.1. The Labute approximate surface area is 191 Å². The molecule has 1 aromatic heterocycles. The molecule has 4 rings (SSSR count). The van der Waals surface area contributed by atoms with Crippen LogP contribution in [0, 0.1) is 5.92 Å². The van der Waals surface area contributed by atoms with Gasteiger partial charge in [-0.05, 0) is 18.1 Å². The highest BCUT2D eigenvalue weighted by Gasteiger charge is 2.36. The number of ether oxygens (including phenoxy) is 1. The van der Waals surface area contributed by atoms with Crippen LogP contribution in [0.2, 0.25) is 5.02 Å². The van der Waals surface area contributed by atoms with Crippen molar-refractivity contribution in [3.05, 3.63) is 59.1 Å². The van der Waals surface area contributed by atoms with Crippen LogP contribution in [0.5, 0.6) is 5.88 Å². The van der Waals surface area contributed by atoms with Crippen molar-refractivity contribution in [2.75, 3.05) is 10.7 Å². The van der Waals surface area contributed by atoms with Gasteiger partial charge in [-0.25, -0.2) is 0 Å². The van der Waals surface area contributed by atoms with Gasteiger partial charge in [0.05, 0.1) is 5.69 Å². The highest BCUT2D eigenvalue weighted by molar-refractivity contribution is 7.99. The maximum Gasteiger partial charge on any atom is 0.247 e. The van der Waals surface area contributed by atoms with E-state index in [1.54, 1.807) is 11.0 Å². The van der Waals surface area contributed by atoms with Crippen LogP contribution in [-0.4, -0.2) is 26.8 Å². The molecule has 8 heteroatoms. The summed E-state index contributed by atoms with van der Waals surface area (Å²) in [6.45, 7) is 6.10. The number of para-hydroxylation sites is 1. The summed E-state index contributed by atoms with van der Waals surface area (Å²) in [5.74, 6) is 1.60. The molecule has 6 nitrogen and oxygen atoms in total. The third-order valence-corrected chi connectivity index (χ3v) is 6.41. The van der Waals surface area contributed by atoms with E-state index in [1.807, 2.05) is 49.4 Å². The fourth-order valence-electron chi connectivity index (χ4n) is 3.33. The first kappa shape index (κ1) is 21.6. The van der Waals surface area contributed by atoms with Gasteiger partial charge in [-0.2, -0.15) is 4.98 Å². The molecule has 0 bridgehead atoms. The van der Waals surface area contributed by atoms with E-state index < -0.39 is 6.23 Å². The van der Waals surface area contributed by atoms with Gasteiger partial charge in [-0.1, -0.05) is 80.5 Å². The molecule has 0 saturated heterocycles. The predicted molar refractivity (Wildman–Crippen MR) is 123 cm³/mol. The monoisotopic (exact) mass is 454 g/mol. The molecule has 0 unspecified atom stereocenters. The lowest BCUT2D eigenvalue weighted by Crippen LogP contribution is -2.37. The van der Waals surface area contributed by atoms with E-state index in [1.165, 1.54) is 11.8 Å². The van der Waals surface area contributed by atoms with Gasteiger partial charge in [0.15, 0.2) is 5.69 Å². The van der Waals surface area contributed by atoms with E-state index >= 15 is 0 Å². The van der Waals surface area contributed by atoms with Gasteiger partial charge in [0, 0.05) is 28.3 Å². The van der Waals surface area contributed by atoms with E-state index in [-0.39, 0.29) is 5.91 Å². The second-order valence-corrected chi connectivity index (χ2v) is 8.97. The first-order chi connectivity index (χ1) is 15.0. The van der Waals surface area contributed by atoms with Crippen molar-refractivity contribution >= 4 is 35.0 Å². The molecule has 31 heavy (non-hydrogen) atoms. The van der Waals surface area contributed by atoms with E-state index in [4.69, 9.17) is 16.3 Å². The molecular formula is C23H23ClN4O2S. The van der Waals surface area contributed by atoms with E-state index in [0.717, 1.165) is 11.3 Å². The summed E-state index contributed by atoms with van der Waals surface area (Å²) in [7, 11) is 0. The molecule has 1 atom stereocenters. The lowest BCUT2D eigenvalue weighted by molar-refractivity contribution is -0.120. The second-order valence-electron chi connectivity index (χ2n) is 7.58. The zero-order valence-electron chi connectivity index (χ0n) is 17.6. The number of hydrogen-bond donors (Lipinski definition) is 0. The Kier molecular flexibility index (Phi) is 6.43. The van der Waals surface area contributed by atoms with E-state index in [0.29, 0.717) is 45.3 Å². The molecular weight excluding hydrogens is 432 g/mol. The molecule has 3 aromatic rings. The van der Waals surface area contributed by atoms with Crippen LogP contribution >= 0.6 is 23.4 Å². The lowest BCUT2D eigenvalue weighted by atomic mass is 10.1. The summed E-state index contributed by atoms with van der Waals surface area (Å²) in [6.07, 6.45) is -0.466. The van der Waals surface area contributed by atoms with Crippen LogP contribution < -0.4 is 9.64 Å². The number of fused-ring (bicyclic) bond motifs is 3. The topological polar surface area (TPSA) is 68.2 Å².